The fourth-order valence-electron chi connectivity index (χ4n) is 5.78. The third-order valence-corrected chi connectivity index (χ3v) is 9.70. The minimum absolute atomic E-state index is 0.0768. The molecule has 5 rings (SSSR count). The van der Waals surface area contributed by atoms with E-state index in [4.69, 9.17) is 23.2 Å². The molecule has 3 N–H and O–H groups in total. The lowest BCUT2D eigenvalue weighted by molar-refractivity contribution is 0.0733. The maximum Gasteiger partial charge on any atom is 0.254 e. The van der Waals surface area contributed by atoms with Crippen molar-refractivity contribution in [3.8, 4) is 0 Å². The van der Waals surface area contributed by atoms with Gasteiger partial charge in [0.25, 0.3) is 11.8 Å². The Morgan fingerprint density at radius 3 is 2.41 bits per heavy atom. The molecule has 242 valence electrons. The van der Waals surface area contributed by atoms with Crippen LogP contribution in [0.5, 0.6) is 0 Å². The molecule has 0 radical (unpaired) electrons. The van der Waals surface area contributed by atoms with Crippen LogP contribution < -0.4 is 15.5 Å². The van der Waals surface area contributed by atoms with Crippen molar-refractivity contribution in [3.05, 3.63) is 115 Å². The number of aryl methyl sites for hydroxylation is 1. The molecule has 4 atom stereocenters. The van der Waals surface area contributed by atoms with Crippen LogP contribution in [0, 0.1) is 6.92 Å². The molecule has 4 aromatic rings. The zero-order chi connectivity index (χ0) is 33.0. The number of carbonyl (C=O) groups is 2. The third-order valence-electron chi connectivity index (χ3n) is 8.20. The Bertz CT molecular complexity index is 1660. The number of anilines is 1. The average molecular weight is 681 g/mol. The zero-order valence-corrected chi connectivity index (χ0v) is 28.7. The summed E-state index contributed by atoms with van der Waals surface area (Å²) in [6.45, 7) is 4.75. The van der Waals surface area contributed by atoms with Gasteiger partial charge < -0.3 is 25.5 Å². The number of thiazole rings is 1. The molecule has 1 aliphatic heterocycles. The van der Waals surface area contributed by atoms with Crippen LogP contribution in [0.25, 0.3) is 0 Å². The van der Waals surface area contributed by atoms with Crippen molar-refractivity contribution < 1.29 is 14.7 Å². The van der Waals surface area contributed by atoms with E-state index in [9.17, 15) is 14.7 Å². The highest BCUT2D eigenvalue weighted by molar-refractivity contribution is 7.09. The first-order valence-electron chi connectivity index (χ1n) is 15.3. The Kier molecular flexibility index (Phi) is 11.0. The molecule has 1 saturated heterocycles. The molecule has 11 heteroatoms. The number of amides is 2. The van der Waals surface area contributed by atoms with Gasteiger partial charge in [-0.3, -0.25) is 9.59 Å². The Morgan fingerprint density at radius 2 is 1.76 bits per heavy atom. The van der Waals surface area contributed by atoms with Crippen LogP contribution in [0.1, 0.15) is 74.4 Å². The maximum absolute atomic E-state index is 13.9. The topological polar surface area (TPSA) is 97.8 Å². The summed E-state index contributed by atoms with van der Waals surface area (Å²) in [4.78, 5) is 36.0. The predicted molar refractivity (Wildman–Crippen MR) is 186 cm³/mol. The number of carbonyl (C=O) groups excluding carboxylic acids is 2. The monoisotopic (exact) mass is 679 g/mol. The van der Waals surface area contributed by atoms with E-state index in [2.05, 4.69) is 15.6 Å². The van der Waals surface area contributed by atoms with E-state index < -0.39 is 18.2 Å². The lowest BCUT2D eigenvalue weighted by Gasteiger charge is -2.30. The van der Waals surface area contributed by atoms with E-state index in [0.717, 1.165) is 40.4 Å². The SMILES string of the molecule is Cc1csc(C2CCCN2C(=O)c2cc(C(=O)NC(C)C(O)C(NCc3cc(Cl)cc(Cl)c3)c3ccccc3)cc(N(C)C)c2)n1. The number of halogens is 2. The molecule has 0 saturated carbocycles. The summed E-state index contributed by atoms with van der Waals surface area (Å²) in [6, 6.07) is 18.9. The summed E-state index contributed by atoms with van der Waals surface area (Å²) in [6.07, 6.45) is 0.758. The Morgan fingerprint density at radius 1 is 1.07 bits per heavy atom. The van der Waals surface area contributed by atoms with Crippen molar-refractivity contribution in [2.45, 2.75) is 57.5 Å². The number of aromatic nitrogens is 1. The summed E-state index contributed by atoms with van der Waals surface area (Å²) in [5, 5.41) is 22.0. The van der Waals surface area contributed by atoms with Gasteiger partial charge in [-0.05, 0) is 74.2 Å². The first-order valence-corrected chi connectivity index (χ1v) is 16.9. The van der Waals surface area contributed by atoms with Gasteiger partial charge in [-0.1, -0.05) is 53.5 Å². The molecule has 1 aromatic heterocycles. The van der Waals surface area contributed by atoms with E-state index >= 15 is 0 Å². The van der Waals surface area contributed by atoms with Crippen LogP contribution in [-0.4, -0.2) is 59.6 Å². The second kappa shape index (κ2) is 15.0. The number of likely N-dealkylation sites (tertiary alicyclic amines) is 1. The summed E-state index contributed by atoms with van der Waals surface area (Å²) in [7, 11) is 3.75. The van der Waals surface area contributed by atoms with Crippen LogP contribution in [-0.2, 0) is 6.54 Å². The molecule has 1 aliphatic rings. The largest absolute Gasteiger partial charge is 0.389 e. The molecular weight excluding hydrogens is 641 g/mol. The first-order chi connectivity index (χ1) is 22.0. The second-order valence-electron chi connectivity index (χ2n) is 11.9. The number of hydrogen-bond acceptors (Lipinski definition) is 7. The number of aliphatic hydroxyl groups excluding tert-OH is 1. The quantitative estimate of drug-likeness (QED) is 0.161. The summed E-state index contributed by atoms with van der Waals surface area (Å²) >= 11 is 14.0. The van der Waals surface area contributed by atoms with Crippen molar-refractivity contribution in [2.24, 2.45) is 0 Å². The lowest BCUT2D eigenvalue weighted by Crippen LogP contribution is -2.47. The fraction of sp³-hybridized carbons (Fsp3) is 0.343. The minimum Gasteiger partial charge on any atom is -0.389 e. The van der Waals surface area contributed by atoms with E-state index in [-0.39, 0.29) is 17.9 Å². The third kappa shape index (κ3) is 8.08. The number of benzene rings is 3. The molecule has 3 aromatic carbocycles. The number of nitrogens with one attached hydrogen (secondary N) is 2. The smallest absolute Gasteiger partial charge is 0.254 e. The Hall–Kier alpha value is -3.47. The number of hydrogen-bond donors (Lipinski definition) is 3. The van der Waals surface area contributed by atoms with Crippen molar-refractivity contribution in [2.75, 3.05) is 25.5 Å². The van der Waals surface area contributed by atoms with Gasteiger partial charge in [0.1, 0.15) is 5.01 Å². The average Bonchev–Trinajstić information content (AvgIpc) is 3.69. The fourth-order valence-corrected chi connectivity index (χ4v) is 7.30. The van der Waals surface area contributed by atoms with Crippen molar-refractivity contribution in [1.82, 2.24) is 20.5 Å². The van der Waals surface area contributed by atoms with Gasteiger partial charge in [0.05, 0.1) is 24.2 Å². The molecule has 1 fully saturated rings. The van der Waals surface area contributed by atoms with Gasteiger partial charge in [-0.25, -0.2) is 4.98 Å². The number of aliphatic hydroxyl groups is 1. The van der Waals surface area contributed by atoms with Gasteiger partial charge in [0.2, 0.25) is 0 Å². The van der Waals surface area contributed by atoms with Crippen LogP contribution in [0.3, 0.4) is 0 Å². The van der Waals surface area contributed by atoms with E-state index in [0.29, 0.717) is 34.3 Å². The van der Waals surface area contributed by atoms with Crippen molar-refractivity contribution in [1.29, 1.82) is 0 Å². The molecule has 4 unspecified atom stereocenters. The molecular formula is C35H39Cl2N5O3S. The summed E-state index contributed by atoms with van der Waals surface area (Å²) in [5.74, 6) is -0.512. The highest BCUT2D eigenvalue weighted by Gasteiger charge is 2.33. The van der Waals surface area contributed by atoms with E-state index in [1.54, 1.807) is 36.5 Å². The van der Waals surface area contributed by atoms with Crippen molar-refractivity contribution >= 4 is 52.0 Å². The maximum atomic E-state index is 13.9. The molecule has 0 spiro atoms. The summed E-state index contributed by atoms with van der Waals surface area (Å²) < 4.78 is 0. The normalized spacial score (nSPS) is 16.6. The zero-order valence-electron chi connectivity index (χ0n) is 26.3. The molecule has 2 amide bonds. The van der Waals surface area contributed by atoms with Gasteiger partial charge in [-0.15, -0.1) is 11.3 Å². The highest BCUT2D eigenvalue weighted by Crippen LogP contribution is 2.35. The van der Waals surface area contributed by atoms with Crippen LogP contribution in [0.15, 0.2) is 72.1 Å². The van der Waals surface area contributed by atoms with Crippen LogP contribution in [0.2, 0.25) is 10.0 Å². The highest BCUT2D eigenvalue weighted by atomic mass is 35.5. The lowest BCUT2D eigenvalue weighted by atomic mass is 9.96. The number of rotatable bonds is 11. The molecule has 0 bridgehead atoms. The van der Waals surface area contributed by atoms with Crippen molar-refractivity contribution in [3.63, 3.8) is 0 Å². The van der Waals surface area contributed by atoms with Crippen LogP contribution >= 0.6 is 34.5 Å². The van der Waals surface area contributed by atoms with Gasteiger partial charge in [0, 0.05) is 65.1 Å². The molecule has 2 heterocycles. The van der Waals surface area contributed by atoms with Gasteiger partial charge in [-0.2, -0.15) is 0 Å². The predicted octanol–water partition coefficient (Wildman–Crippen LogP) is 6.81. The molecule has 46 heavy (non-hydrogen) atoms. The van der Waals surface area contributed by atoms with E-state index in [1.807, 2.05) is 84.7 Å². The molecule has 0 aliphatic carbocycles. The van der Waals surface area contributed by atoms with Crippen LogP contribution in [0.4, 0.5) is 5.69 Å². The standard InChI is InChI=1S/C35H39Cl2N5O3S/c1-21-20-46-34(39-21)30-11-8-12-42(30)35(45)26-15-25(16-29(17-26)41(3)4)33(44)40-22(2)32(43)31(24-9-6-5-7-10-24)38-19-23-13-27(36)18-28(37)14-23/h5-7,9-10,13-18,20,22,30-32,38,43H,8,11-12,19H2,1-4H3,(H,40,44). The minimum atomic E-state index is -0.994. The van der Waals surface area contributed by atoms with E-state index in [1.165, 1.54) is 0 Å². The Balaban J connectivity index is 1.35. The number of nitrogens with zero attached hydrogens (tertiary/aromatic N) is 3. The first kappa shape index (κ1) is 33.9. The van der Waals surface area contributed by atoms with Gasteiger partial charge >= 0.3 is 0 Å². The summed E-state index contributed by atoms with van der Waals surface area (Å²) in [5.41, 5.74) is 4.19. The van der Waals surface area contributed by atoms with Gasteiger partial charge in [0.15, 0.2) is 0 Å². The second-order valence-corrected chi connectivity index (χ2v) is 13.7. The Labute approximate surface area is 284 Å². The molecule has 8 nitrogen and oxygen atoms in total.